The van der Waals surface area contributed by atoms with Gasteiger partial charge in [-0.2, -0.15) is 0 Å². The minimum atomic E-state index is -0.778. The first-order valence-corrected chi connectivity index (χ1v) is 11.2. The molecule has 1 aromatic carbocycles. The van der Waals surface area contributed by atoms with Crippen molar-refractivity contribution >= 4 is 39.1 Å². The van der Waals surface area contributed by atoms with Gasteiger partial charge in [0, 0.05) is 0 Å². The average Bonchev–Trinajstić information content (AvgIpc) is 3.11. The lowest BCUT2D eigenvalue weighted by Crippen LogP contribution is -2.33. The van der Waals surface area contributed by atoms with E-state index in [9.17, 15) is 14.4 Å². The highest BCUT2D eigenvalue weighted by molar-refractivity contribution is 7.20. The fourth-order valence-corrected chi connectivity index (χ4v) is 4.37. The number of amides is 1. The molecule has 0 spiro atoms. The summed E-state index contributed by atoms with van der Waals surface area (Å²) in [5, 5.41) is 3.16. The summed E-state index contributed by atoms with van der Waals surface area (Å²) in [6.45, 7) is 7.72. The zero-order valence-electron chi connectivity index (χ0n) is 18.8. The molecule has 3 aromatic rings. The number of para-hydroxylation sites is 2. The van der Waals surface area contributed by atoms with Gasteiger partial charge in [-0.15, -0.1) is 11.3 Å². The van der Waals surface area contributed by atoms with Crippen LogP contribution in [0.3, 0.4) is 0 Å². The maximum atomic E-state index is 13.3. The van der Waals surface area contributed by atoms with Gasteiger partial charge in [-0.3, -0.25) is 14.2 Å². The van der Waals surface area contributed by atoms with Gasteiger partial charge in [0.25, 0.3) is 5.56 Å². The van der Waals surface area contributed by atoms with Gasteiger partial charge in [0.1, 0.15) is 21.5 Å². The van der Waals surface area contributed by atoms with E-state index in [4.69, 9.17) is 9.47 Å². The molecule has 170 valence electrons. The Kier molecular flexibility index (Phi) is 7.29. The third-order valence-electron chi connectivity index (χ3n) is 5.00. The average molecular weight is 458 g/mol. The van der Waals surface area contributed by atoms with Crippen molar-refractivity contribution in [3.05, 3.63) is 51.4 Å². The summed E-state index contributed by atoms with van der Waals surface area (Å²) >= 11 is 1.13. The number of aromatic nitrogens is 2. The van der Waals surface area contributed by atoms with Gasteiger partial charge < -0.3 is 14.8 Å². The van der Waals surface area contributed by atoms with Crippen molar-refractivity contribution in [2.45, 2.75) is 40.2 Å². The van der Waals surface area contributed by atoms with Crippen LogP contribution in [-0.2, 0) is 9.53 Å². The number of benzene rings is 1. The molecule has 0 radical (unpaired) electrons. The maximum absolute atomic E-state index is 13.3. The van der Waals surface area contributed by atoms with Crippen molar-refractivity contribution in [1.29, 1.82) is 0 Å². The molecule has 0 saturated heterocycles. The van der Waals surface area contributed by atoms with Gasteiger partial charge in [0.2, 0.25) is 5.91 Å². The summed E-state index contributed by atoms with van der Waals surface area (Å²) in [4.78, 5) is 44.0. The van der Waals surface area contributed by atoms with Crippen molar-refractivity contribution in [1.82, 2.24) is 9.55 Å². The summed E-state index contributed by atoms with van der Waals surface area (Å²) in [5.74, 6) is -0.0956. The van der Waals surface area contributed by atoms with Crippen molar-refractivity contribution in [3.8, 4) is 5.75 Å². The molecule has 1 N–H and O–H groups in total. The van der Waals surface area contributed by atoms with Crippen LogP contribution in [0, 0.1) is 12.8 Å². The molecule has 0 saturated carbocycles. The first-order valence-electron chi connectivity index (χ1n) is 10.4. The summed E-state index contributed by atoms with van der Waals surface area (Å²) in [5.41, 5.74) is 0.668. The highest BCUT2D eigenvalue weighted by atomic mass is 32.1. The molecule has 1 amide bonds. The van der Waals surface area contributed by atoms with E-state index in [-0.39, 0.29) is 17.4 Å². The Morgan fingerprint density at radius 2 is 1.97 bits per heavy atom. The number of methoxy groups -OCH3 is 1. The fourth-order valence-electron chi connectivity index (χ4n) is 3.33. The monoisotopic (exact) mass is 457 g/mol. The van der Waals surface area contributed by atoms with E-state index in [2.05, 4.69) is 10.3 Å². The zero-order chi connectivity index (χ0) is 23.4. The van der Waals surface area contributed by atoms with Gasteiger partial charge >= 0.3 is 5.97 Å². The van der Waals surface area contributed by atoms with Crippen LogP contribution in [0.5, 0.6) is 5.75 Å². The first-order chi connectivity index (χ1) is 15.3. The van der Waals surface area contributed by atoms with Crippen LogP contribution >= 0.6 is 11.3 Å². The number of fused-ring (bicyclic) bond motifs is 1. The van der Waals surface area contributed by atoms with Crippen LogP contribution in [0.4, 0.5) is 5.69 Å². The molecular formula is C23H27N3O5S. The number of thiophene rings is 1. The van der Waals surface area contributed by atoms with E-state index in [0.717, 1.165) is 11.3 Å². The second-order valence-corrected chi connectivity index (χ2v) is 8.80. The molecule has 32 heavy (non-hydrogen) atoms. The number of anilines is 1. The van der Waals surface area contributed by atoms with Gasteiger partial charge in [-0.1, -0.05) is 32.9 Å². The quantitative estimate of drug-likeness (QED) is 0.510. The Hall–Kier alpha value is -3.20. The fraction of sp³-hybridized carbons (Fsp3) is 0.391. The van der Waals surface area contributed by atoms with Crippen molar-refractivity contribution in [2.24, 2.45) is 5.92 Å². The van der Waals surface area contributed by atoms with Crippen LogP contribution in [0.1, 0.15) is 48.5 Å². The Balaban J connectivity index is 1.96. The molecule has 9 heteroatoms. The molecule has 1 unspecified atom stereocenters. The Bertz CT molecular complexity index is 1200. The third-order valence-corrected chi connectivity index (χ3v) is 6.18. The number of ether oxygens (including phenoxy) is 2. The molecule has 2 aromatic heterocycles. The van der Waals surface area contributed by atoms with E-state index in [1.54, 1.807) is 31.2 Å². The summed E-state index contributed by atoms with van der Waals surface area (Å²) in [6, 6.07) is 6.28. The minimum absolute atomic E-state index is 0.205. The smallest absolute Gasteiger partial charge is 0.348 e. The topological polar surface area (TPSA) is 99.5 Å². The highest BCUT2D eigenvalue weighted by Gasteiger charge is 2.25. The van der Waals surface area contributed by atoms with E-state index in [0.29, 0.717) is 45.1 Å². The number of hydrogen-bond donors (Lipinski definition) is 1. The van der Waals surface area contributed by atoms with E-state index >= 15 is 0 Å². The second kappa shape index (κ2) is 9.95. The Labute approximate surface area is 190 Å². The van der Waals surface area contributed by atoms with Crippen molar-refractivity contribution < 1.29 is 19.1 Å². The molecule has 1 atom stereocenters. The van der Waals surface area contributed by atoms with Crippen molar-refractivity contribution in [3.63, 3.8) is 0 Å². The number of carbonyl (C=O) groups is 2. The number of nitrogens with one attached hydrogen (secondary N) is 1. The third kappa shape index (κ3) is 4.67. The van der Waals surface area contributed by atoms with Crippen LogP contribution in [-0.4, -0.2) is 35.1 Å². The Morgan fingerprint density at radius 1 is 1.25 bits per heavy atom. The summed E-state index contributed by atoms with van der Waals surface area (Å²) < 4.78 is 11.9. The second-order valence-electron chi connectivity index (χ2n) is 7.80. The zero-order valence-corrected chi connectivity index (χ0v) is 19.6. The lowest BCUT2D eigenvalue weighted by Gasteiger charge is -2.18. The van der Waals surface area contributed by atoms with Gasteiger partial charge in [-0.05, 0) is 37.0 Å². The van der Waals surface area contributed by atoms with E-state index in [1.165, 1.54) is 18.0 Å². The van der Waals surface area contributed by atoms with Gasteiger partial charge in [0.05, 0.1) is 31.1 Å². The molecular weight excluding hydrogens is 430 g/mol. The van der Waals surface area contributed by atoms with Crippen LogP contribution in [0.2, 0.25) is 0 Å². The number of hydrogen-bond acceptors (Lipinski definition) is 7. The first kappa shape index (κ1) is 23.5. The van der Waals surface area contributed by atoms with Crippen LogP contribution in [0.25, 0.3) is 10.2 Å². The van der Waals surface area contributed by atoms with Crippen LogP contribution < -0.4 is 15.6 Å². The molecule has 0 bridgehead atoms. The normalized spacial score (nSPS) is 12.1. The SMILES string of the molecule is CCC(C(=O)Nc1ccccc1OC)n1cnc2sc(C(=O)OCC(C)C)c(C)c2c1=O. The van der Waals surface area contributed by atoms with Gasteiger partial charge in [0.15, 0.2) is 0 Å². The molecule has 8 nitrogen and oxygen atoms in total. The lowest BCUT2D eigenvalue weighted by atomic mass is 10.1. The maximum Gasteiger partial charge on any atom is 0.348 e. The number of nitrogens with zero attached hydrogens (tertiary/aromatic N) is 2. The number of carbonyl (C=O) groups excluding carboxylic acids is 2. The van der Waals surface area contributed by atoms with Crippen LogP contribution in [0.15, 0.2) is 35.4 Å². The van der Waals surface area contributed by atoms with E-state index in [1.807, 2.05) is 20.8 Å². The molecule has 0 fully saturated rings. The molecule has 2 heterocycles. The summed E-state index contributed by atoms with van der Waals surface area (Å²) in [7, 11) is 1.52. The molecule has 0 aliphatic heterocycles. The predicted molar refractivity (Wildman–Crippen MR) is 125 cm³/mol. The van der Waals surface area contributed by atoms with Crippen molar-refractivity contribution in [2.75, 3.05) is 19.0 Å². The number of esters is 1. The molecule has 0 aliphatic carbocycles. The van der Waals surface area contributed by atoms with Gasteiger partial charge in [-0.25, -0.2) is 9.78 Å². The molecule has 0 aliphatic rings. The minimum Gasteiger partial charge on any atom is -0.495 e. The molecule has 3 rings (SSSR count). The highest BCUT2D eigenvalue weighted by Crippen LogP contribution is 2.29. The largest absolute Gasteiger partial charge is 0.495 e. The predicted octanol–water partition coefficient (Wildman–Crippen LogP) is 4.18. The Morgan fingerprint density at radius 3 is 2.62 bits per heavy atom. The lowest BCUT2D eigenvalue weighted by molar-refractivity contribution is -0.119. The van der Waals surface area contributed by atoms with E-state index < -0.39 is 12.0 Å². The number of aryl methyl sites for hydroxylation is 1. The summed E-state index contributed by atoms with van der Waals surface area (Å²) in [6.07, 6.45) is 1.74. The number of rotatable bonds is 8. The standard InChI is InChI=1S/C23H27N3O5S/c1-6-16(20(27)25-15-9-7-8-10-17(15)30-5)26-12-24-21-18(22(26)28)14(4)19(32-21)23(29)31-11-13(2)3/h7-10,12-13,16H,6,11H2,1-5H3,(H,25,27).